The van der Waals surface area contributed by atoms with Gasteiger partial charge in [0.25, 0.3) is 5.90 Å². The van der Waals surface area contributed by atoms with Crippen molar-refractivity contribution >= 4 is 11.9 Å². The van der Waals surface area contributed by atoms with Crippen molar-refractivity contribution in [2.75, 3.05) is 0 Å². The molecule has 1 rings (SSSR count). The third kappa shape index (κ3) is 5.39. The van der Waals surface area contributed by atoms with E-state index in [4.69, 9.17) is 9.84 Å². The van der Waals surface area contributed by atoms with Gasteiger partial charge < -0.3 is 14.9 Å². The monoisotopic (exact) mass is 307 g/mol. The Morgan fingerprint density at radius 2 is 2.05 bits per heavy atom. The van der Waals surface area contributed by atoms with Crippen LogP contribution in [0.5, 0.6) is 0 Å². The van der Waals surface area contributed by atoms with E-state index in [2.05, 4.69) is 18.2 Å². The van der Waals surface area contributed by atoms with E-state index in [0.717, 1.165) is 30.4 Å². The Bertz CT molecular complexity index is 505. The predicted molar refractivity (Wildman–Crippen MR) is 86.9 cm³/mol. The molecule has 5 nitrogen and oxygen atoms in total. The van der Waals surface area contributed by atoms with E-state index in [9.17, 15) is 9.90 Å². The molecular weight excluding hydrogens is 282 g/mol. The number of carboxylic acid groups (broad SMARTS) is 1. The highest BCUT2D eigenvalue weighted by atomic mass is 16.5. The van der Waals surface area contributed by atoms with Gasteiger partial charge >= 0.3 is 5.97 Å². The molecule has 22 heavy (non-hydrogen) atoms. The number of aliphatic hydroxyl groups excluding tert-OH is 1. The molecule has 0 saturated heterocycles. The van der Waals surface area contributed by atoms with Crippen molar-refractivity contribution in [1.29, 1.82) is 0 Å². The molecule has 0 spiro atoms. The fourth-order valence-corrected chi connectivity index (χ4v) is 2.45. The molecule has 1 aliphatic rings. The third-order valence-corrected chi connectivity index (χ3v) is 3.77. The fraction of sp³-hybridized carbons (Fsp3) is 0.529. The average molecular weight is 307 g/mol. The second kappa shape index (κ2) is 8.41. The highest BCUT2D eigenvalue weighted by molar-refractivity contribution is 5.91. The third-order valence-electron chi connectivity index (χ3n) is 3.77. The van der Waals surface area contributed by atoms with Gasteiger partial charge in [-0.1, -0.05) is 25.7 Å². The number of hydrogen-bond acceptors (Lipinski definition) is 4. The van der Waals surface area contributed by atoms with Crippen LogP contribution < -0.4 is 0 Å². The summed E-state index contributed by atoms with van der Waals surface area (Å²) in [5.41, 5.74) is 1.85. The zero-order valence-corrected chi connectivity index (χ0v) is 13.3. The van der Waals surface area contributed by atoms with Gasteiger partial charge in [0.2, 0.25) is 0 Å². The minimum atomic E-state index is -0.801. The molecule has 0 amide bonds. The molecule has 0 radical (unpaired) electrons. The maximum Gasteiger partial charge on any atom is 0.306 e. The van der Waals surface area contributed by atoms with E-state index in [1.54, 1.807) is 6.20 Å². The number of carboxylic acids is 1. The zero-order chi connectivity index (χ0) is 16.7. The van der Waals surface area contributed by atoms with Gasteiger partial charge in [-0.15, -0.1) is 0 Å². The Morgan fingerprint density at radius 1 is 1.36 bits per heavy atom. The summed E-state index contributed by atoms with van der Waals surface area (Å²) in [5, 5.41) is 18.7. The van der Waals surface area contributed by atoms with E-state index in [1.165, 1.54) is 0 Å². The minimum Gasteiger partial charge on any atom is -0.504 e. The summed E-state index contributed by atoms with van der Waals surface area (Å²) >= 11 is 0. The Kier molecular flexibility index (Phi) is 6.89. The number of carbonyl (C=O) groups is 1. The first kappa shape index (κ1) is 18.0. The summed E-state index contributed by atoms with van der Waals surface area (Å²) < 4.78 is 5.67. The first-order chi connectivity index (χ1) is 10.3. The van der Waals surface area contributed by atoms with Crippen molar-refractivity contribution < 1.29 is 19.7 Å². The van der Waals surface area contributed by atoms with Gasteiger partial charge in [-0.05, 0) is 44.6 Å². The molecule has 0 unspecified atom stereocenters. The van der Waals surface area contributed by atoms with E-state index >= 15 is 0 Å². The lowest BCUT2D eigenvalue weighted by atomic mass is 9.87. The maximum absolute atomic E-state index is 11.1. The molecule has 5 heteroatoms. The Morgan fingerprint density at radius 3 is 2.55 bits per heavy atom. The lowest BCUT2D eigenvalue weighted by Gasteiger charge is -2.27. The number of nitrogens with zero attached hydrogens (tertiary/aromatic N) is 1. The van der Waals surface area contributed by atoms with Crippen LogP contribution in [0.15, 0.2) is 41.3 Å². The van der Waals surface area contributed by atoms with Crippen LogP contribution >= 0.6 is 0 Å². The van der Waals surface area contributed by atoms with Gasteiger partial charge in [0.15, 0.2) is 5.76 Å². The van der Waals surface area contributed by atoms with Crippen molar-refractivity contribution in [2.24, 2.45) is 10.9 Å². The van der Waals surface area contributed by atoms with Crippen molar-refractivity contribution in [3.63, 3.8) is 0 Å². The molecule has 0 aromatic rings. The first-order valence-electron chi connectivity index (χ1n) is 7.55. The standard InChI is InChI=1S/C17H25NO4/c1-5-13(11(2)3)10-18-16(12(4)19)22-15-8-6-7-14(9-15)17(20)21/h10,14-15,19H,2,4-9H2,1,3H3,(H,20,21)/b13-10-,18-16?/t14-,15-/m0/s1. The average Bonchev–Trinajstić information content (AvgIpc) is 2.46. The summed E-state index contributed by atoms with van der Waals surface area (Å²) in [6.45, 7) is 11.2. The van der Waals surface area contributed by atoms with Gasteiger partial charge in [-0.25, -0.2) is 4.99 Å². The highest BCUT2D eigenvalue weighted by Gasteiger charge is 2.29. The van der Waals surface area contributed by atoms with Crippen LogP contribution in [-0.4, -0.2) is 28.2 Å². The molecule has 0 aromatic heterocycles. The van der Waals surface area contributed by atoms with Crippen molar-refractivity contribution in [2.45, 2.75) is 52.1 Å². The van der Waals surface area contributed by atoms with E-state index in [0.29, 0.717) is 12.8 Å². The SMILES string of the molecule is C=C(O)C(=N/C=C(/CC)C(=C)C)O[C@H]1CCC[C@H](C(=O)O)C1. The summed E-state index contributed by atoms with van der Waals surface area (Å²) in [4.78, 5) is 15.2. The second-order valence-electron chi connectivity index (χ2n) is 5.61. The molecule has 0 aliphatic heterocycles. The van der Waals surface area contributed by atoms with Crippen molar-refractivity contribution in [3.8, 4) is 0 Å². The van der Waals surface area contributed by atoms with Crippen molar-refractivity contribution in [1.82, 2.24) is 0 Å². The zero-order valence-electron chi connectivity index (χ0n) is 13.3. The molecule has 0 heterocycles. The van der Waals surface area contributed by atoms with Crippen LogP contribution in [0.1, 0.15) is 46.0 Å². The maximum atomic E-state index is 11.1. The van der Waals surface area contributed by atoms with Crippen LogP contribution in [0.25, 0.3) is 0 Å². The van der Waals surface area contributed by atoms with Crippen LogP contribution in [0.4, 0.5) is 0 Å². The Labute approximate surface area is 131 Å². The molecule has 2 atom stereocenters. The van der Waals surface area contributed by atoms with Gasteiger partial charge in [-0.3, -0.25) is 4.79 Å². The summed E-state index contributed by atoms with van der Waals surface area (Å²) in [7, 11) is 0. The largest absolute Gasteiger partial charge is 0.504 e. The molecule has 1 saturated carbocycles. The van der Waals surface area contributed by atoms with E-state index in [1.807, 2.05) is 13.8 Å². The number of rotatable bonds is 6. The molecule has 1 aliphatic carbocycles. The molecule has 0 bridgehead atoms. The van der Waals surface area contributed by atoms with E-state index < -0.39 is 11.9 Å². The number of aliphatic imine (C=N–C) groups is 1. The smallest absolute Gasteiger partial charge is 0.306 e. The molecular formula is C17H25NO4. The lowest BCUT2D eigenvalue weighted by Crippen LogP contribution is -2.29. The van der Waals surface area contributed by atoms with Gasteiger partial charge in [0.05, 0.1) is 5.92 Å². The number of ether oxygens (including phenoxy) is 1. The summed E-state index contributed by atoms with van der Waals surface area (Å²) in [6, 6.07) is 0. The predicted octanol–water partition coefficient (Wildman–Crippen LogP) is 3.99. The lowest BCUT2D eigenvalue weighted by molar-refractivity contribution is -0.144. The van der Waals surface area contributed by atoms with Crippen molar-refractivity contribution in [3.05, 3.63) is 36.3 Å². The summed E-state index contributed by atoms with van der Waals surface area (Å²) in [6.07, 6.45) is 4.74. The van der Waals surface area contributed by atoms with Crippen LogP contribution in [0.3, 0.4) is 0 Å². The van der Waals surface area contributed by atoms with Gasteiger partial charge in [0, 0.05) is 6.20 Å². The quantitative estimate of drug-likeness (QED) is 0.336. The normalized spacial score (nSPS) is 23.0. The molecule has 0 aromatic carbocycles. The number of allylic oxidation sites excluding steroid dienone is 2. The Balaban J connectivity index is 2.82. The van der Waals surface area contributed by atoms with Crippen LogP contribution in [0.2, 0.25) is 0 Å². The van der Waals surface area contributed by atoms with E-state index in [-0.39, 0.29) is 17.8 Å². The number of hydrogen-bond donors (Lipinski definition) is 2. The molecule has 1 fully saturated rings. The topological polar surface area (TPSA) is 79.1 Å². The first-order valence-corrected chi connectivity index (χ1v) is 7.55. The highest BCUT2D eigenvalue weighted by Crippen LogP contribution is 2.27. The summed E-state index contributed by atoms with van der Waals surface area (Å²) in [5.74, 6) is -1.41. The van der Waals surface area contributed by atoms with Gasteiger partial charge in [-0.2, -0.15) is 0 Å². The number of aliphatic carboxylic acids is 1. The minimum absolute atomic E-state index is 0.0447. The van der Waals surface area contributed by atoms with Crippen LogP contribution in [0, 0.1) is 5.92 Å². The molecule has 122 valence electrons. The van der Waals surface area contributed by atoms with Gasteiger partial charge in [0.1, 0.15) is 6.10 Å². The second-order valence-corrected chi connectivity index (χ2v) is 5.61. The van der Waals surface area contributed by atoms with Crippen LogP contribution in [-0.2, 0) is 9.53 Å². The fourth-order valence-electron chi connectivity index (χ4n) is 2.45. The molecule has 2 N–H and O–H groups in total. The number of aliphatic hydroxyl groups is 1. The Hall–Kier alpha value is -2.04.